The van der Waals surface area contributed by atoms with Crippen LogP contribution in [-0.2, 0) is 6.42 Å². The highest BCUT2D eigenvalue weighted by Crippen LogP contribution is 2.29. The molecule has 0 spiro atoms. The molecule has 1 atom stereocenters. The molecule has 0 saturated carbocycles. The predicted molar refractivity (Wildman–Crippen MR) is 78.1 cm³/mol. The van der Waals surface area contributed by atoms with Crippen LogP contribution in [0.2, 0.25) is 5.02 Å². The average molecular weight is 313 g/mol. The van der Waals surface area contributed by atoms with Crippen molar-refractivity contribution < 1.29 is 13.5 Å². The molecule has 0 fully saturated rings. The summed E-state index contributed by atoms with van der Waals surface area (Å²) in [5.74, 6) is 4.75. The highest BCUT2D eigenvalue weighted by molar-refractivity contribution is 6.31. The van der Waals surface area contributed by atoms with Crippen LogP contribution < -0.4 is 16.0 Å². The molecule has 0 aliphatic carbocycles. The Morgan fingerprint density at radius 3 is 2.67 bits per heavy atom. The number of ether oxygens (including phenoxy) is 1. The molecule has 3 nitrogen and oxygen atoms in total. The van der Waals surface area contributed by atoms with Gasteiger partial charge in [-0.05, 0) is 30.2 Å². The van der Waals surface area contributed by atoms with E-state index in [4.69, 9.17) is 22.2 Å². The number of halogens is 3. The standard InChI is InChI=1S/C15H15ClF2N2O/c1-21-14-4-2-3-11(15(14)18)13(20-19)7-9-5-6-10(17)8-12(9)16/h2-6,8,13,20H,7,19H2,1H3. The maximum absolute atomic E-state index is 14.3. The lowest BCUT2D eigenvalue weighted by molar-refractivity contribution is 0.379. The van der Waals surface area contributed by atoms with Gasteiger partial charge in [0.15, 0.2) is 11.6 Å². The zero-order valence-corrected chi connectivity index (χ0v) is 12.1. The summed E-state index contributed by atoms with van der Waals surface area (Å²) in [7, 11) is 1.39. The lowest BCUT2D eigenvalue weighted by Crippen LogP contribution is -2.30. The second-order valence-electron chi connectivity index (χ2n) is 4.52. The van der Waals surface area contributed by atoms with Crippen LogP contribution in [0.5, 0.6) is 5.75 Å². The van der Waals surface area contributed by atoms with Gasteiger partial charge in [0.1, 0.15) is 5.82 Å². The first-order valence-corrected chi connectivity index (χ1v) is 6.67. The van der Waals surface area contributed by atoms with Crippen LogP contribution in [-0.4, -0.2) is 7.11 Å². The smallest absolute Gasteiger partial charge is 0.169 e. The van der Waals surface area contributed by atoms with Crippen molar-refractivity contribution in [3.05, 3.63) is 64.2 Å². The number of hydrogen-bond acceptors (Lipinski definition) is 3. The molecule has 112 valence electrons. The summed E-state index contributed by atoms with van der Waals surface area (Å²) in [4.78, 5) is 0. The van der Waals surface area contributed by atoms with Gasteiger partial charge in [-0.3, -0.25) is 11.3 Å². The van der Waals surface area contributed by atoms with Crippen molar-refractivity contribution in [1.29, 1.82) is 0 Å². The molecular formula is C15H15ClF2N2O. The van der Waals surface area contributed by atoms with E-state index in [1.54, 1.807) is 18.2 Å². The molecule has 0 aromatic heterocycles. The van der Waals surface area contributed by atoms with E-state index in [9.17, 15) is 8.78 Å². The maximum atomic E-state index is 14.3. The molecule has 0 aliphatic rings. The Bertz CT molecular complexity index is 637. The topological polar surface area (TPSA) is 47.3 Å². The molecule has 21 heavy (non-hydrogen) atoms. The average Bonchev–Trinajstić information content (AvgIpc) is 2.47. The van der Waals surface area contributed by atoms with Crippen LogP contribution in [0.15, 0.2) is 36.4 Å². The zero-order chi connectivity index (χ0) is 15.4. The van der Waals surface area contributed by atoms with Crippen LogP contribution in [0.1, 0.15) is 17.2 Å². The van der Waals surface area contributed by atoms with Gasteiger partial charge in [-0.1, -0.05) is 29.8 Å². The largest absolute Gasteiger partial charge is 0.494 e. The highest BCUT2D eigenvalue weighted by atomic mass is 35.5. The first-order chi connectivity index (χ1) is 10.1. The molecule has 2 aromatic rings. The second-order valence-corrected chi connectivity index (χ2v) is 4.93. The molecule has 6 heteroatoms. The van der Waals surface area contributed by atoms with E-state index in [0.717, 1.165) is 0 Å². The molecule has 3 N–H and O–H groups in total. The highest BCUT2D eigenvalue weighted by Gasteiger charge is 2.19. The Morgan fingerprint density at radius 1 is 1.29 bits per heavy atom. The van der Waals surface area contributed by atoms with Crippen molar-refractivity contribution in [3.63, 3.8) is 0 Å². The monoisotopic (exact) mass is 312 g/mol. The molecule has 2 rings (SSSR count). The first-order valence-electron chi connectivity index (χ1n) is 6.29. The Morgan fingerprint density at radius 2 is 2.05 bits per heavy atom. The van der Waals surface area contributed by atoms with Crippen LogP contribution in [0.3, 0.4) is 0 Å². The van der Waals surface area contributed by atoms with Gasteiger partial charge in [0.25, 0.3) is 0 Å². The molecule has 0 radical (unpaired) electrons. The van der Waals surface area contributed by atoms with Gasteiger partial charge in [0, 0.05) is 10.6 Å². The lowest BCUT2D eigenvalue weighted by atomic mass is 9.98. The fourth-order valence-electron chi connectivity index (χ4n) is 2.12. The number of hydrazine groups is 1. The first kappa shape index (κ1) is 15.7. The fraction of sp³-hybridized carbons (Fsp3) is 0.200. The van der Waals surface area contributed by atoms with E-state index < -0.39 is 17.7 Å². The SMILES string of the molecule is COc1cccc(C(Cc2ccc(F)cc2Cl)NN)c1F. The number of benzene rings is 2. The molecule has 0 saturated heterocycles. The minimum atomic E-state index is -0.511. The minimum absolute atomic E-state index is 0.137. The van der Waals surface area contributed by atoms with E-state index in [-0.39, 0.29) is 10.8 Å². The van der Waals surface area contributed by atoms with Crippen molar-refractivity contribution in [2.75, 3.05) is 7.11 Å². The van der Waals surface area contributed by atoms with Gasteiger partial charge in [0.05, 0.1) is 13.2 Å². The van der Waals surface area contributed by atoms with Crippen molar-refractivity contribution in [2.45, 2.75) is 12.5 Å². The molecule has 0 amide bonds. The van der Waals surface area contributed by atoms with E-state index in [2.05, 4.69) is 5.43 Å². The number of hydrogen-bond donors (Lipinski definition) is 2. The molecule has 0 aliphatic heterocycles. The molecular weight excluding hydrogens is 298 g/mol. The number of nitrogens with one attached hydrogen (secondary N) is 1. The summed E-state index contributed by atoms with van der Waals surface area (Å²) < 4.78 is 32.3. The van der Waals surface area contributed by atoms with Crippen molar-refractivity contribution in [2.24, 2.45) is 5.84 Å². The fourth-order valence-corrected chi connectivity index (χ4v) is 2.36. The Balaban J connectivity index is 2.32. The van der Waals surface area contributed by atoms with Gasteiger partial charge in [-0.25, -0.2) is 8.78 Å². The summed E-state index contributed by atoms with van der Waals surface area (Å²) in [6.07, 6.45) is 0.319. The van der Waals surface area contributed by atoms with Crippen molar-refractivity contribution in [1.82, 2.24) is 5.43 Å². The van der Waals surface area contributed by atoms with Gasteiger partial charge in [-0.15, -0.1) is 0 Å². The summed E-state index contributed by atoms with van der Waals surface area (Å²) in [5.41, 5.74) is 3.58. The summed E-state index contributed by atoms with van der Waals surface area (Å²) >= 11 is 5.99. The Labute approximate surface area is 126 Å². The van der Waals surface area contributed by atoms with Crippen molar-refractivity contribution in [3.8, 4) is 5.75 Å². The van der Waals surface area contributed by atoms with Crippen LogP contribution in [0.25, 0.3) is 0 Å². The zero-order valence-electron chi connectivity index (χ0n) is 11.4. The summed E-state index contributed by atoms with van der Waals surface area (Å²) in [5, 5.41) is 0.276. The minimum Gasteiger partial charge on any atom is -0.494 e. The van der Waals surface area contributed by atoms with E-state index >= 15 is 0 Å². The summed E-state index contributed by atoms with van der Waals surface area (Å²) in [6.45, 7) is 0. The molecule has 0 bridgehead atoms. The third kappa shape index (κ3) is 3.50. The third-order valence-corrected chi connectivity index (χ3v) is 3.58. The lowest BCUT2D eigenvalue weighted by Gasteiger charge is -2.19. The molecule has 2 aromatic carbocycles. The third-order valence-electron chi connectivity index (χ3n) is 3.23. The van der Waals surface area contributed by atoms with E-state index in [1.165, 1.54) is 25.3 Å². The Hall–Kier alpha value is -1.69. The van der Waals surface area contributed by atoms with Crippen molar-refractivity contribution >= 4 is 11.6 Å². The second kappa shape index (κ2) is 6.85. The quantitative estimate of drug-likeness (QED) is 0.657. The van der Waals surface area contributed by atoms with Gasteiger partial charge >= 0.3 is 0 Å². The van der Waals surface area contributed by atoms with E-state index in [1.807, 2.05) is 0 Å². The molecule has 0 heterocycles. The van der Waals surface area contributed by atoms with Gasteiger partial charge < -0.3 is 4.74 Å². The number of nitrogens with two attached hydrogens (primary N) is 1. The van der Waals surface area contributed by atoms with Crippen LogP contribution >= 0.6 is 11.6 Å². The maximum Gasteiger partial charge on any atom is 0.169 e. The van der Waals surface area contributed by atoms with E-state index in [0.29, 0.717) is 17.5 Å². The number of rotatable bonds is 5. The number of methoxy groups -OCH3 is 1. The van der Waals surface area contributed by atoms with Crippen LogP contribution in [0, 0.1) is 11.6 Å². The predicted octanol–water partition coefficient (Wildman–Crippen LogP) is 3.37. The van der Waals surface area contributed by atoms with Gasteiger partial charge in [-0.2, -0.15) is 0 Å². The normalized spacial score (nSPS) is 12.2. The molecule has 1 unspecified atom stereocenters. The van der Waals surface area contributed by atoms with Gasteiger partial charge in [0.2, 0.25) is 0 Å². The summed E-state index contributed by atoms with van der Waals surface area (Å²) in [6, 6.07) is 8.37. The Kier molecular flexibility index (Phi) is 5.12. The van der Waals surface area contributed by atoms with Crippen LogP contribution in [0.4, 0.5) is 8.78 Å².